The van der Waals surface area contributed by atoms with Crippen LogP contribution < -0.4 is 10.6 Å². The van der Waals surface area contributed by atoms with Crippen LogP contribution in [0.1, 0.15) is 25.3 Å². The number of rotatable bonds is 8. The minimum absolute atomic E-state index is 0.0364. The van der Waals surface area contributed by atoms with Gasteiger partial charge in [0.05, 0.1) is 0 Å². The van der Waals surface area contributed by atoms with Gasteiger partial charge in [-0.25, -0.2) is 9.59 Å². The second-order valence-corrected chi connectivity index (χ2v) is 5.19. The molecular formula is C16H23N3O4. The number of hydrogen-bond acceptors (Lipinski definition) is 3. The van der Waals surface area contributed by atoms with Gasteiger partial charge in [-0.1, -0.05) is 37.3 Å². The zero-order valence-corrected chi connectivity index (χ0v) is 13.4. The Labute approximate surface area is 135 Å². The number of carbonyl (C=O) groups is 3. The van der Waals surface area contributed by atoms with Crippen molar-refractivity contribution < 1.29 is 19.5 Å². The zero-order chi connectivity index (χ0) is 17.2. The third-order valence-electron chi connectivity index (χ3n) is 3.28. The zero-order valence-electron chi connectivity index (χ0n) is 13.4. The van der Waals surface area contributed by atoms with E-state index in [1.54, 1.807) is 14.0 Å². The highest BCUT2D eigenvalue weighted by atomic mass is 16.4. The standard InChI is InChI=1S/C16H23N3O4/c1-3-13(15(21)22)18-14(20)9-10-17-16(23)19(2)11-12-7-5-4-6-8-12/h4-8,13H,3,9-11H2,1-2H3,(H,17,23)(H,18,20)(H,21,22). The molecule has 1 aromatic rings. The first-order valence-corrected chi connectivity index (χ1v) is 7.49. The van der Waals surface area contributed by atoms with Gasteiger partial charge in [0.2, 0.25) is 5.91 Å². The second-order valence-electron chi connectivity index (χ2n) is 5.19. The van der Waals surface area contributed by atoms with Crippen molar-refractivity contribution in [1.29, 1.82) is 0 Å². The highest BCUT2D eigenvalue weighted by Gasteiger charge is 2.17. The third-order valence-corrected chi connectivity index (χ3v) is 3.28. The number of carboxylic acid groups (broad SMARTS) is 1. The number of urea groups is 1. The molecule has 1 atom stereocenters. The largest absolute Gasteiger partial charge is 0.480 e. The SMILES string of the molecule is CCC(NC(=O)CCNC(=O)N(C)Cc1ccccc1)C(=O)O. The van der Waals surface area contributed by atoms with E-state index in [0.717, 1.165) is 5.56 Å². The second kappa shape index (κ2) is 9.45. The van der Waals surface area contributed by atoms with E-state index in [1.807, 2.05) is 30.3 Å². The molecule has 0 aliphatic rings. The van der Waals surface area contributed by atoms with E-state index in [-0.39, 0.29) is 19.0 Å². The van der Waals surface area contributed by atoms with Crippen molar-refractivity contribution in [2.45, 2.75) is 32.4 Å². The smallest absolute Gasteiger partial charge is 0.326 e. The molecule has 0 aromatic heterocycles. The molecule has 1 rings (SSSR count). The van der Waals surface area contributed by atoms with Crippen LogP contribution in [-0.2, 0) is 16.1 Å². The van der Waals surface area contributed by atoms with Crippen LogP contribution in [0.3, 0.4) is 0 Å². The summed E-state index contributed by atoms with van der Waals surface area (Å²) in [6, 6.07) is 8.38. The summed E-state index contributed by atoms with van der Waals surface area (Å²) in [5, 5.41) is 13.9. The summed E-state index contributed by atoms with van der Waals surface area (Å²) in [4.78, 5) is 35.9. The number of carboxylic acids is 1. The lowest BCUT2D eigenvalue weighted by Crippen LogP contribution is -2.42. The van der Waals surface area contributed by atoms with E-state index >= 15 is 0 Å². The van der Waals surface area contributed by atoms with Crippen molar-refractivity contribution in [3.63, 3.8) is 0 Å². The number of benzene rings is 1. The fourth-order valence-electron chi connectivity index (χ4n) is 1.95. The number of amides is 3. The lowest BCUT2D eigenvalue weighted by molar-refractivity contribution is -0.141. The van der Waals surface area contributed by atoms with Crippen molar-refractivity contribution in [3.8, 4) is 0 Å². The van der Waals surface area contributed by atoms with E-state index in [9.17, 15) is 14.4 Å². The number of nitrogens with one attached hydrogen (secondary N) is 2. The van der Waals surface area contributed by atoms with Crippen LogP contribution in [0.15, 0.2) is 30.3 Å². The minimum atomic E-state index is -1.06. The molecule has 0 aliphatic heterocycles. The first-order valence-electron chi connectivity index (χ1n) is 7.49. The van der Waals surface area contributed by atoms with Gasteiger partial charge in [-0.3, -0.25) is 4.79 Å². The van der Waals surface area contributed by atoms with E-state index in [1.165, 1.54) is 4.90 Å². The van der Waals surface area contributed by atoms with E-state index in [2.05, 4.69) is 10.6 Å². The van der Waals surface area contributed by atoms with Crippen LogP contribution in [-0.4, -0.2) is 47.5 Å². The molecular weight excluding hydrogens is 298 g/mol. The highest BCUT2D eigenvalue weighted by molar-refractivity contribution is 5.84. The molecule has 0 heterocycles. The molecule has 0 saturated heterocycles. The normalized spacial score (nSPS) is 11.4. The quantitative estimate of drug-likeness (QED) is 0.670. The molecule has 0 aliphatic carbocycles. The molecule has 3 N–H and O–H groups in total. The fourth-order valence-corrected chi connectivity index (χ4v) is 1.95. The summed E-state index contributed by atoms with van der Waals surface area (Å²) in [6.07, 6.45) is 0.349. The minimum Gasteiger partial charge on any atom is -0.480 e. The van der Waals surface area contributed by atoms with E-state index in [4.69, 9.17) is 5.11 Å². The van der Waals surface area contributed by atoms with Gasteiger partial charge < -0.3 is 20.6 Å². The van der Waals surface area contributed by atoms with Crippen molar-refractivity contribution in [2.24, 2.45) is 0 Å². The molecule has 0 fully saturated rings. The van der Waals surface area contributed by atoms with Crippen LogP contribution in [0.5, 0.6) is 0 Å². The van der Waals surface area contributed by atoms with Crippen LogP contribution in [0.25, 0.3) is 0 Å². The Hall–Kier alpha value is -2.57. The van der Waals surface area contributed by atoms with Gasteiger partial charge in [-0.05, 0) is 12.0 Å². The Bertz CT molecular complexity index is 533. The Morgan fingerprint density at radius 2 is 1.87 bits per heavy atom. The molecule has 126 valence electrons. The average Bonchev–Trinajstić information content (AvgIpc) is 2.53. The van der Waals surface area contributed by atoms with Gasteiger partial charge >= 0.3 is 12.0 Å². The Balaban J connectivity index is 2.30. The number of nitrogens with zero attached hydrogens (tertiary/aromatic N) is 1. The summed E-state index contributed by atoms with van der Waals surface area (Å²) in [5.74, 6) is -1.46. The van der Waals surface area contributed by atoms with Gasteiger partial charge in [-0.2, -0.15) is 0 Å². The number of carbonyl (C=O) groups excluding carboxylic acids is 2. The molecule has 7 heteroatoms. The van der Waals surface area contributed by atoms with Crippen molar-refractivity contribution >= 4 is 17.9 Å². The predicted molar refractivity (Wildman–Crippen MR) is 85.8 cm³/mol. The van der Waals surface area contributed by atoms with Gasteiger partial charge in [0.25, 0.3) is 0 Å². The number of aliphatic carboxylic acids is 1. The van der Waals surface area contributed by atoms with Crippen molar-refractivity contribution in [2.75, 3.05) is 13.6 Å². The Morgan fingerprint density at radius 1 is 1.22 bits per heavy atom. The first-order chi connectivity index (χ1) is 10.9. The van der Waals surface area contributed by atoms with Crippen molar-refractivity contribution in [3.05, 3.63) is 35.9 Å². The predicted octanol–water partition coefficient (Wildman–Crippen LogP) is 1.20. The molecule has 0 spiro atoms. The molecule has 1 aromatic carbocycles. The van der Waals surface area contributed by atoms with Gasteiger partial charge in [0.1, 0.15) is 6.04 Å². The molecule has 1 unspecified atom stereocenters. The maximum atomic E-state index is 11.9. The Kier molecular flexibility index (Phi) is 7.59. The van der Waals surface area contributed by atoms with E-state index in [0.29, 0.717) is 13.0 Å². The molecule has 0 bridgehead atoms. The van der Waals surface area contributed by atoms with Crippen LogP contribution in [0, 0.1) is 0 Å². The van der Waals surface area contributed by atoms with E-state index < -0.39 is 17.9 Å². The van der Waals surface area contributed by atoms with Crippen LogP contribution in [0.2, 0.25) is 0 Å². The first kappa shape index (κ1) is 18.5. The monoisotopic (exact) mass is 321 g/mol. The molecule has 0 saturated carbocycles. The average molecular weight is 321 g/mol. The molecule has 0 radical (unpaired) electrons. The highest BCUT2D eigenvalue weighted by Crippen LogP contribution is 2.02. The number of hydrogen-bond donors (Lipinski definition) is 3. The molecule has 23 heavy (non-hydrogen) atoms. The van der Waals surface area contributed by atoms with Crippen LogP contribution >= 0.6 is 0 Å². The summed E-state index contributed by atoms with van der Waals surface area (Å²) in [5.41, 5.74) is 1.01. The molecule has 7 nitrogen and oxygen atoms in total. The lowest BCUT2D eigenvalue weighted by atomic mass is 10.2. The summed E-state index contributed by atoms with van der Waals surface area (Å²) < 4.78 is 0. The van der Waals surface area contributed by atoms with Gasteiger partial charge in [-0.15, -0.1) is 0 Å². The summed E-state index contributed by atoms with van der Waals surface area (Å²) in [6.45, 7) is 2.30. The Morgan fingerprint density at radius 3 is 2.43 bits per heavy atom. The maximum absolute atomic E-state index is 11.9. The van der Waals surface area contributed by atoms with Gasteiger partial charge in [0, 0.05) is 26.6 Å². The summed E-state index contributed by atoms with van der Waals surface area (Å²) in [7, 11) is 1.67. The maximum Gasteiger partial charge on any atom is 0.326 e. The lowest BCUT2D eigenvalue weighted by Gasteiger charge is -2.18. The topological polar surface area (TPSA) is 98.7 Å². The summed E-state index contributed by atoms with van der Waals surface area (Å²) >= 11 is 0. The van der Waals surface area contributed by atoms with Crippen molar-refractivity contribution in [1.82, 2.24) is 15.5 Å². The molecule has 3 amide bonds. The third kappa shape index (κ3) is 6.82. The van der Waals surface area contributed by atoms with Crippen LogP contribution in [0.4, 0.5) is 4.79 Å². The van der Waals surface area contributed by atoms with Gasteiger partial charge in [0.15, 0.2) is 0 Å². The fraction of sp³-hybridized carbons (Fsp3) is 0.438.